The van der Waals surface area contributed by atoms with E-state index in [2.05, 4.69) is 20.7 Å². The second kappa shape index (κ2) is 5.21. The molecule has 5 N–H and O–H groups in total. The van der Waals surface area contributed by atoms with E-state index in [1.807, 2.05) is 0 Å². The van der Waals surface area contributed by atoms with Gasteiger partial charge in [-0.2, -0.15) is 5.10 Å². The molecule has 2 rings (SSSR count). The molecule has 0 unspecified atom stereocenters. The van der Waals surface area contributed by atoms with Crippen molar-refractivity contribution < 1.29 is 10.0 Å². The highest BCUT2D eigenvalue weighted by Gasteiger charge is 2.14. The maximum atomic E-state index is 12.0. The number of aromatic nitrogens is 2. The van der Waals surface area contributed by atoms with E-state index >= 15 is 0 Å². The zero-order valence-electron chi connectivity index (χ0n) is 10.2. The molecule has 0 aliphatic heterocycles. The van der Waals surface area contributed by atoms with Gasteiger partial charge in [0, 0.05) is 11.3 Å². The number of carbonyl (C=O) groups excluding carboxylic acids is 1. The lowest BCUT2D eigenvalue weighted by Crippen LogP contribution is -2.19. The summed E-state index contributed by atoms with van der Waals surface area (Å²) >= 11 is 0. The van der Waals surface area contributed by atoms with Crippen LogP contribution < -0.4 is 11.1 Å². The Bertz CT molecular complexity index is 633. The van der Waals surface area contributed by atoms with Gasteiger partial charge in [0.1, 0.15) is 0 Å². The number of para-hydroxylation sites is 1. The Balaban J connectivity index is 2.30. The molecular weight excluding hydrogens is 246 g/mol. The van der Waals surface area contributed by atoms with Crippen molar-refractivity contribution in [2.45, 2.75) is 6.92 Å². The molecule has 2 aromatic rings. The number of nitrogens with two attached hydrogens (primary N) is 1. The highest BCUT2D eigenvalue weighted by atomic mass is 16.4. The molecule has 98 valence electrons. The summed E-state index contributed by atoms with van der Waals surface area (Å²) in [6.45, 7) is 1.75. The number of aryl methyl sites for hydroxylation is 1. The van der Waals surface area contributed by atoms with Gasteiger partial charge in [0.05, 0.1) is 17.4 Å². The Morgan fingerprint density at radius 2 is 2.16 bits per heavy atom. The van der Waals surface area contributed by atoms with Crippen molar-refractivity contribution in [2.24, 2.45) is 10.9 Å². The van der Waals surface area contributed by atoms with Gasteiger partial charge in [-0.3, -0.25) is 9.89 Å². The number of benzene rings is 1. The standard InChI is InChI=1S/C12H13N5O2/c1-7-9(6-14-16-7)12(18)15-10-5-3-2-4-8(10)11(13)17-19/h2-6,19H,1H3,(H2,13,17)(H,14,16)(H,15,18). The lowest BCUT2D eigenvalue weighted by Gasteiger charge is -2.09. The molecule has 0 bridgehead atoms. The first-order chi connectivity index (χ1) is 9.13. The SMILES string of the molecule is Cc1[nH]ncc1C(=O)Nc1ccccc1C(N)=NO. The van der Waals surface area contributed by atoms with Crippen molar-refractivity contribution in [1.82, 2.24) is 10.2 Å². The van der Waals surface area contributed by atoms with E-state index in [0.29, 0.717) is 22.5 Å². The summed E-state index contributed by atoms with van der Waals surface area (Å²) in [5.41, 5.74) is 7.56. The van der Waals surface area contributed by atoms with Gasteiger partial charge in [-0.15, -0.1) is 0 Å². The number of H-pyrrole nitrogens is 1. The van der Waals surface area contributed by atoms with Crippen molar-refractivity contribution in [1.29, 1.82) is 0 Å². The van der Waals surface area contributed by atoms with Crippen molar-refractivity contribution in [3.63, 3.8) is 0 Å². The van der Waals surface area contributed by atoms with E-state index in [4.69, 9.17) is 10.9 Å². The summed E-state index contributed by atoms with van der Waals surface area (Å²) in [4.78, 5) is 12.0. The van der Waals surface area contributed by atoms with Crippen molar-refractivity contribution in [3.8, 4) is 0 Å². The van der Waals surface area contributed by atoms with Crippen LogP contribution in [0.5, 0.6) is 0 Å². The summed E-state index contributed by atoms with van der Waals surface area (Å²) < 4.78 is 0. The van der Waals surface area contributed by atoms with Crippen LogP contribution >= 0.6 is 0 Å². The maximum absolute atomic E-state index is 12.0. The normalized spacial score (nSPS) is 11.3. The number of rotatable bonds is 3. The Labute approximate surface area is 109 Å². The average Bonchev–Trinajstić information content (AvgIpc) is 2.85. The monoisotopic (exact) mass is 259 g/mol. The number of carbonyl (C=O) groups is 1. The van der Waals surface area contributed by atoms with Crippen LogP contribution in [0.4, 0.5) is 5.69 Å². The molecule has 7 nitrogen and oxygen atoms in total. The predicted octanol–water partition coefficient (Wildman–Crippen LogP) is 1.06. The molecule has 0 aliphatic rings. The van der Waals surface area contributed by atoms with Crippen molar-refractivity contribution in [3.05, 3.63) is 47.3 Å². The Hall–Kier alpha value is -2.83. The van der Waals surface area contributed by atoms with Gasteiger partial charge >= 0.3 is 0 Å². The molecule has 1 heterocycles. The number of amides is 1. The molecule has 0 spiro atoms. The van der Waals surface area contributed by atoms with Crippen LogP contribution in [0.3, 0.4) is 0 Å². The van der Waals surface area contributed by atoms with Crippen LogP contribution in [-0.2, 0) is 0 Å². The third-order valence-electron chi connectivity index (χ3n) is 2.63. The van der Waals surface area contributed by atoms with Gasteiger partial charge in [-0.05, 0) is 19.1 Å². The number of hydrogen-bond acceptors (Lipinski definition) is 4. The summed E-state index contributed by atoms with van der Waals surface area (Å²) in [6, 6.07) is 6.78. The summed E-state index contributed by atoms with van der Waals surface area (Å²) in [5.74, 6) is -0.385. The number of anilines is 1. The van der Waals surface area contributed by atoms with Gasteiger partial charge in [-0.1, -0.05) is 17.3 Å². The predicted molar refractivity (Wildman–Crippen MR) is 70.2 cm³/mol. The first kappa shape index (κ1) is 12.6. The highest BCUT2D eigenvalue weighted by Crippen LogP contribution is 2.16. The van der Waals surface area contributed by atoms with E-state index < -0.39 is 0 Å². The fourth-order valence-electron chi connectivity index (χ4n) is 1.64. The van der Waals surface area contributed by atoms with Crippen LogP contribution in [0.25, 0.3) is 0 Å². The lowest BCUT2D eigenvalue weighted by atomic mass is 10.1. The minimum atomic E-state index is -0.315. The second-order valence-corrected chi connectivity index (χ2v) is 3.89. The Kier molecular flexibility index (Phi) is 3.46. The molecule has 7 heteroatoms. The maximum Gasteiger partial charge on any atom is 0.259 e. The lowest BCUT2D eigenvalue weighted by molar-refractivity contribution is 0.102. The summed E-state index contributed by atoms with van der Waals surface area (Å²) in [6.07, 6.45) is 1.44. The minimum Gasteiger partial charge on any atom is -0.409 e. The van der Waals surface area contributed by atoms with Crippen molar-refractivity contribution in [2.75, 3.05) is 5.32 Å². The number of nitrogens with zero attached hydrogens (tertiary/aromatic N) is 2. The van der Waals surface area contributed by atoms with E-state index in [9.17, 15) is 4.79 Å². The fraction of sp³-hybridized carbons (Fsp3) is 0.0833. The van der Waals surface area contributed by atoms with E-state index in [1.165, 1.54) is 6.20 Å². The smallest absolute Gasteiger partial charge is 0.259 e. The summed E-state index contributed by atoms with van der Waals surface area (Å²) in [5, 5.41) is 20.8. The van der Waals surface area contributed by atoms with Crippen molar-refractivity contribution >= 4 is 17.4 Å². The molecule has 0 atom stereocenters. The molecule has 1 aromatic carbocycles. The van der Waals surface area contributed by atoms with Crippen LogP contribution in [0.1, 0.15) is 21.6 Å². The average molecular weight is 259 g/mol. The molecule has 19 heavy (non-hydrogen) atoms. The van der Waals surface area contributed by atoms with Gasteiger partial charge in [0.2, 0.25) is 0 Å². The van der Waals surface area contributed by atoms with Crippen LogP contribution in [0.15, 0.2) is 35.6 Å². The number of oxime groups is 1. The molecule has 0 saturated carbocycles. The van der Waals surface area contributed by atoms with E-state index in [1.54, 1.807) is 31.2 Å². The van der Waals surface area contributed by atoms with E-state index in [0.717, 1.165) is 0 Å². The van der Waals surface area contributed by atoms with Gasteiger partial charge in [0.25, 0.3) is 5.91 Å². The number of amidine groups is 1. The molecule has 0 radical (unpaired) electrons. The topological polar surface area (TPSA) is 116 Å². The van der Waals surface area contributed by atoms with Crippen LogP contribution in [-0.4, -0.2) is 27.1 Å². The Morgan fingerprint density at radius 1 is 1.42 bits per heavy atom. The minimum absolute atomic E-state index is 0.0696. The largest absolute Gasteiger partial charge is 0.409 e. The summed E-state index contributed by atoms with van der Waals surface area (Å²) in [7, 11) is 0. The van der Waals surface area contributed by atoms with Gasteiger partial charge in [0.15, 0.2) is 5.84 Å². The second-order valence-electron chi connectivity index (χ2n) is 3.89. The zero-order valence-corrected chi connectivity index (χ0v) is 10.2. The zero-order chi connectivity index (χ0) is 13.8. The van der Waals surface area contributed by atoms with Gasteiger partial charge in [-0.25, -0.2) is 0 Å². The highest BCUT2D eigenvalue weighted by molar-refractivity contribution is 6.10. The van der Waals surface area contributed by atoms with Crippen LogP contribution in [0.2, 0.25) is 0 Å². The third-order valence-corrected chi connectivity index (χ3v) is 2.63. The first-order valence-electron chi connectivity index (χ1n) is 5.51. The first-order valence-corrected chi connectivity index (χ1v) is 5.51. The molecular formula is C12H13N5O2. The molecule has 0 saturated heterocycles. The number of aromatic amines is 1. The van der Waals surface area contributed by atoms with E-state index in [-0.39, 0.29) is 11.7 Å². The Morgan fingerprint density at radius 3 is 2.79 bits per heavy atom. The quantitative estimate of drug-likeness (QED) is 0.285. The molecule has 1 aromatic heterocycles. The van der Waals surface area contributed by atoms with Crippen LogP contribution in [0, 0.1) is 6.92 Å². The molecule has 0 aliphatic carbocycles. The molecule has 0 fully saturated rings. The number of nitrogens with one attached hydrogen (secondary N) is 2. The fourth-order valence-corrected chi connectivity index (χ4v) is 1.64. The van der Waals surface area contributed by atoms with Gasteiger partial charge < -0.3 is 16.3 Å². The number of hydrogen-bond donors (Lipinski definition) is 4. The molecule has 1 amide bonds. The third kappa shape index (κ3) is 2.54.